The van der Waals surface area contributed by atoms with Gasteiger partial charge in [-0.2, -0.15) is 4.31 Å². The number of carbonyl (C=O) groups is 1. The zero-order valence-corrected chi connectivity index (χ0v) is 14.2. The summed E-state index contributed by atoms with van der Waals surface area (Å²) in [5.74, 6) is -1.12. The van der Waals surface area contributed by atoms with Gasteiger partial charge in [-0.25, -0.2) is 12.8 Å². The van der Waals surface area contributed by atoms with Gasteiger partial charge < -0.3 is 10.2 Å². The average Bonchev–Trinajstić information content (AvgIpc) is 2.37. The number of rotatable bonds is 7. The van der Waals surface area contributed by atoms with Crippen LogP contribution in [0.1, 0.15) is 0 Å². The number of anilines is 1. The minimum absolute atomic E-state index is 0.120. The molecule has 0 bridgehead atoms. The van der Waals surface area contributed by atoms with Crippen LogP contribution in [0.15, 0.2) is 18.2 Å². The molecule has 0 spiro atoms. The predicted octanol–water partition coefficient (Wildman–Crippen LogP) is 1.24. The fraction of sp³-hybridized carbons (Fsp3) is 0.462. The highest BCUT2D eigenvalue weighted by molar-refractivity contribution is 7.88. The number of hydrogen-bond donors (Lipinski definition) is 1. The third kappa shape index (κ3) is 6.27. The summed E-state index contributed by atoms with van der Waals surface area (Å²) in [6.07, 6.45) is 1.05. The fourth-order valence-electron chi connectivity index (χ4n) is 1.61. The van der Waals surface area contributed by atoms with Gasteiger partial charge in [-0.15, -0.1) is 0 Å². The summed E-state index contributed by atoms with van der Waals surface area (Å²) in [4.78, 5) is 13.8. The summed E-state index contributed by atoms with van der Waals surface area (Å²) < 4.78 is 37.5. The van der Waals surface area contributed by atoms with Gasteiger partial charge in [0.2, 0.25) is 15.9 Å². The lowest BCUT2D eigenvalue weighted by Crippen LogP contribution is -2.41. The van der Waals surface area contributed by atoms with E-state index in [0.29, 0.717) is 12.2 Å². The molecule has 9 heteroatoms. The van der Waals surface area contributed by atoms with Gasteiger partial charge >= 0.3 is 0 Å². The summed E-state index contributed by atoms with van der Waals surface area (Å²) >= 11 is 5.62. The lowest BCUT2D eigenvalue weighted by Gasteiger charge is -2.21. The van der Waals surface area contributed by atoms with Gasteiger partial charge in [0.15, 0.2) is 0 Å². The molecule has 1 aromatic carbocycles. The van der Waals surface area contributed by atoms with Crippen LogP contribution in [-0.2, 0) is 14.8 Å². The summed E-state index contributed by atoms with van der Waals surface area (Å²) in [7, 11) is 0.110. The fourth-order valence-corrected chi connectivity index (χ4v) is 2.55. The Balaban J connectivity index is 2.72. The van der Waals surface area contributed by atoms with Crippen molar-refractivity contribution >= 4 is 33.2 Å². The third-order valence-corrected chi connectivity index (χ3v) is 4.33. The van der Waals surface area contributed by atoms with E-state index in [9.17, 15) is 17.6 Å². The van der Waals surface area contributed by atoms with Crippen LogP contribution in [0.3, 0.4) is 0 Å². The molecule has 124 valence electrons. The third-order valence-electron chi connectivity index (χ3n) is 2.79. The van der Waals surface area contributed by atoms with E-state index in [2.05, 4.69) is 5.32 Å². The molecule has 0 radical (unpaired) electrons. The second kappa shape index (κ2) is 7.87. The average molecular weight is 352 g/mol. The van der Waals surface area contributed by atoms with Crippen molar-refractivity contribution in [3.63, 3.8) is 0 Å². The maximum Gasteiger partial charge on any atom is 0.239 e. The second-order valence-electron chi connectivity index (χ2n) is 5.08. The number of sulfonamides is 1. The molecule has 0 aliphatic carbocycles. The van der Waals surface area contributed by atoms with Crippen molar-refractivity contribution in [1.29, 1.82) is 0 Å². The molecular formula is C13H19ClFN3O3S. The minimum atomic E-state index is -3.50. The zero-order chi connectivity index (χ0) is 16.9. The number of likely N-dealkylation sites (N-methyl/N-ethyl adjacent to an activating group) is 1. The number of nitrogens with zero attached hydrogens (tertiary/aromatic N) is 2. The van der Waals surface area contributed by atoms with E-state index in [0.717, 1.165) is 16.6 Å². The summed E-state index contributed by atoms with van der Waals surface area (Å²) in [6.45, 7) is 0.369. The van der Waals surface area contributed by atoms with Gasteiger partial charge in [-0.05, 0) is 32.3 Å². The lowest BCUT2D eigenvalue weighted by molar-refractivity contribution is -0.116. The van der Waals surface area contributed by atoms with Crippen LogP contribution in [0.5, 0.6) is 0 Å². The first-order valence-electron chi connectivity index (χ1n) is 6.44. The molecule has 1 N–H and O–H groups in total. The summed E-state index contributed by atoms with van der Waals surface area (Å²) in [6, 6.07) is 3.74. The Bertz CT molecular complexity index is 637. The zero-order valence-electron chi connectivity index (χ0n) is 12.6. The van der Waals surface area contributed by atoms with Gasteiger partial charge in [-0.3, -0.25) is 4.79 Å². The van der Waals surface area contributed by atoms with Crippen LogP contribution >= 0.6 is 11.6 Å². The molecule has 6 nitrogen and oxygen atoms in total. The maximum atomic E-state index is 13.0. The molecule has 0 aliphatic heterocycles. The minimum Gasteiger partial charge on any atom is -0.325 e. The van der Waals surface area contributed by atoms with E-state index in [4.69, 9.17) is 11.6 Å². The van der Waals surface area contributed by atoms with Crippen LogP contribution in [0.2, 0.25) is 5.02 Å². The molecule has 0 fully saturated rings. The van der Waals surface area contributed by atoms with Crippen molar-refractivity contribution in [3.8, 4) is 0 Å². The molecule has 0 atom stereocenters. The smallest absolute Gasteiger partial charge is 0.239 e. The highest BCUT2D eigenvalue weighted by Crippen LogP contribution is 2.19. The van der Waals surface area contributed by atoms with E-state index in [1.807, 2.05) is 4.90 Å². The van der Waals surface area contributed by atoms with Gasteiger partial charge in [0.05, 0.1) is 17.8 Å². The normalized spacial score (nSPS) is 12.0. The van der Waals surface area contributed by atoms with E-state index < -0.39 is 21.7 Å². The molecule has 1 rings (SSSR count). The highest BCUT2D eigenvalue weighted by Gasteiger charge is 2.20. The number of hydrogen-bond acceptors (Lipinski definition) is 4. The molecule has 0 aromatic heterocycles. The van der Waals surface area contributed by atoms with Crippen LogP contribution < -0.4 is 5.32 Å². The standard InChI is InChI=1S/C13H19ClFN3O3S/c1-17(2)6-7-18(22(3,20)21)9-13(19)16-10-4-5-12(15)11(14)8-10/h4-5,8H,6-7,9H2,1-3H3,(H,16,19). The Hall–Kier alpha value is -1.22. The molecule has 1 aromatic rings. The Morgan fingerprint density at radius 1 is 1.32 bits per heavy atom. The van der Waals surface area contributed by atoms with Crippen molar-refractivity contribution < 1.29 is 17.6 Å². The topological polar surface area (TPSA) is 69.7 Å². The first-order chi connectivity index (χ1) is 10.1. The number of amides is 1. The molecule has 1 amide bonds. The number of benzene rings is 1. The molecular weight excluding hydrogens is 333 g/mol. The van der Waals surface area contributed by atoms with Gasteiger partial charge in [-0.1, -0.05) is 11.6 Å². The van der Waals surface area contributed by atoms with Gasteiger partial charge in [0, 0.05) is 18.8 Å². The monoisotopic (exact) mass is 351 g/mol. The second-order valence-corrected chi connectivity index (χ2v) is 7.47. The number of nitrogens with one attached hydrogen (secondary N) is 1. The van der Waals surface area contributed by atoms with Gasteiger partial charge in [0.25, 0.3) is 0 Å². The summed E-state index contributed by atoms with van der Waals surface area (Å²) in [5, 5.41) is 2.37. The highest BCUT2D eigenvalue weighted by atomic mass is 35.5. The van der Waals surface area contributed by atoms with Crippen LogP contribution in [0, 0.1) is 5.82 Å². The number of halogens is 2. The molecule has 0 aliphatic rings. The van der Waals surface area contributed by atoms with Crippen LogP contribution in [0.4, 0.5) is 10.1 Å². The Labute approximate surface area is 134 Å². The summed E-state index contributed by atoms with van der Waals surface area (Å²) in [5.41, 5.74) is 0.303. The van der Waals surface area contributed by atoms with E-state index >= 15 is 0 Å². The Kier molecular flexibility index (Phi) is 6.73. The largest absolute Gasteiger partial charge is 0.325 e. The Morgan fingerprint density at radius 3 is 2.45 bits per heavy atom. The van der Waals surface area contributed by atoms with Crippen molar-refractivity contribution in [2.24, 2.45) is 0 Å². The molecule has 0 saturated heterocycles. The molecule has 0 saturated carbocycles. The molecule has 0 unspecified atom stereocenters. The number of carbonyl (C=O) groups excluding carboxylic acids is 1. The van der Waals surface area contributed by atoms with E-state index in [1.165, 1.54) is 12.1 Å². The van der Waals surface area contributed by atoms with E-state index in [-0.39, 0.29) is 18.1 Å². The van der Waals surface area contributed by atoms with Crippen LogP contribution in [0.25, 0.3) is 0 Å². The van der Waals surface area contributed by atoms with E-state index in [1.54, 1.807) is 14.1 Å². The van der Waals surface area contributed by atoms with Crippen molar-refractivity contribution in [2.75, 3.05) is 45.3 Å². The first-order valence-corrected chi connectivity index (χ1v) is 8.67. The first kappa shape index (κ1) is 18.8. The molecule has 22 heavy (non-hydrogen) atoms. The SMILES string of the molecule is CN(C)CCN(CC(=O)Nc1ccc(F)c(Cl)c1)S(C)(=O)=O. The predicted molar refractivity (Wildman–Crippen MR) is 85.0 cm³/mol. The van der Waals surface area contributed by atoms with Crippen molar-refractivity contribution in [2.45, 2.75) is 0 Å². The maximum absolute atomic E-state index is 13.0. The van der Waals surface area contributed by atoms with Crippen molar-refractivity contribution in [3.05, 3.63) is 29.0 Å². The quantitative estimate of drug-likeness (QED) is 0.802. The van der Waals surface area contributed by atoms with Gasteiger partial charge in [0.1, 0.15) is 5.82 Å². The molecule has 0 heterocycles. The van der Waals surface area contributed by atoms with Crippen molar-refractivity contribution in [1.82, 2.24) is 9.21 Å². The lowest BCUT2D eigenvalue weighted by atomic mass is 10.3. The Morgan fingerprint density at radius 2 is 1.95 bits per heavy atom. The van der Waals surface area contributed by atoms with Crippen LogP contribution in [-0.4, -0.2) is 63.5 Å².